The Kier molecular flexibility index (Phi) is 9.39. The number of nitrogens with one attached hydrogen (secondary N) is 1. The predicted molar refractivity (Wildman–Crippen MR) is 87.8 cm³/mol. The summed E-state index contributed by atoms with van der Waals surface area (Å²) in [6.45, 7) is 6.50. The third-order valence-electron chi connectivity index (χ3n) is 3.11. The van der Waals surface area contributed by atoms with Crippen LogP contribution in [0.1, 0.15) is 40.0 Å². The van der Waals surface area contributed by atoms with E-state index < -0.39 is 0 Å². The first kappa shape index (κ1) is 19.2. The second-order valence-corrected chi connectivity index (χ2v) is 8.64. The third kappa shape index (κ3) is 7.40. The Morgan fingerprint density at radius 1 is 1.45 bits per heavy atom. The summed E-state index contributed by atoms with van der Waals surface area (Å²) < 4.78 is 2.72. The van der Waals surface area contributed by atoms with Gasteiger partial charge in [-0.15, -0.1) is 0 Å². The van der Waals surface area contributed by atoms with Crippen molar-refractivity contribution in [1.29, 1.82) is 0 Å². The fourth-order valence-corrected chi connectivity index (χ4v) is 4.27. The zero-order chi connectivity index (χ0) is 16.4. The topological polar surface area (TPSA) is 49.3 Å². The summed E-state index contributed by atoms with van der Waals surface area (Å²) in [6, 6.07) is 0. The zero-order valence-electron chi connectivity index (χ0n) is 13.7. The van der Waals surface area contributed by atoms with Gasteiger partial charge < -0.3 is 0 Å². The van der Waals surface area contributed by atoms with E-state index in [-0.39, 0.29) is 33.7 Å². The van der Waals surface area contributed by atoms with Crippen LogP contribution in [-0.4, -0.2) is 22.0 Å². The summed E-state index contributed by atoms with van der Waals surface area (Å²) >= 11 is 0.0490. The second kappa shape index (κ2) is 10.8. The fraction of sp³-hybridized carbons (Fsp3) is 0.500. The van der Waals surface area contributed by atoms with Gasteiger partial charge >= 0.3 is 145 Å². The Balaban J connectivity index is 2.66. The van der Waals surface area contributed by atoms with E-state index >= 15 is 0 Å². The molecule has 0 radical (unpaired) electrons. The molecular weight excluding hydrogens is 389 g/mol. The molecular formula is C18H27INO2-. The Hall–Kier alpha value is -0.880. The average molecular weight is 416 g/mol. The van der Waals surface area contributed by atoms with Crippen LogP contribution in [0.5, 0.6) is 0 Å². The van der Waals surface area contributed by atoms with Crippen LogP contribution < -0.4 is 26.5 Å². The van der Waals surface area contributed by atoms with Gasteiger partial charge in [-0.05, 0) is 0 Å². The van der Waals surface area contributed by atoms with Gasteiger partial charge in [-0.3, -0.25) is 0 Å². The van der Waals surface area contributed by atoms with Crippen LogP contribution in [0.3, 0.4) is 0 Å². The van der Waals surface area contributed by atoms with Gasteiger partial charge in [0.1, 0.15) is 0 Å². The Labute approximate surface area is 144 Å². The van der Waals surface area contributed by atoms with Gasteiger partial charge in [0.05, 0.1) is 0 Å². The first-order chi connectivity index (χ1) is 10.6. The molecule has 124 valence electrons. The molecule has 1 aliphatic rings. The van der Waals surface area contributed by atoms with Crippen LogP contribution in [0.15, 0.2) is 45.2 Å². The number of amides is 1. The number of aliphatic hydroxyl groups excluding tert-OH is 1. The fourth-order valence-electron chi connectivity index (χ4n) is 1.85. The van der Waals surface area contributed by atoms with Gasteiger partial charge in [0.15, 0.2) is 0 Å². The van der Waals surface area contributed by atoms with E-state index in [1.54, 1.807) is 0 Å². The molecule has 0 aliphatic heterocycles. The number of carbonyl (C=O) groups is 1. The van der Waals surface area contributed by atoms with E-state index in [1.807, 2.05) is 24.3 Å². The summed E-state index contributed by atoms with van der Waals surface area (Å²) in [7, 11) is 0. The Morgan fingerprint density at radius 2 is 2.23 bits per heavy atom. The molecule has 1 aliphatic carbocycles. The van der Waals surface area contributed by atoms with E-state index in [2.05, 4.69) is 32.2 Å². The van der Waals surface area contributed by atoms with Crippen molar-refractivity contribution >= 4 is 5.91 Å². The summed E-state index contributed by atoms with van der Waals surface area (Å²) in [5.41, 5.74) is 1.34. The minimum atomic E-state index is -0.148. The number of hydrogen-bond acceptors (Lipinski definition) is 2. The van der Waals surface area contributed by atoms with Crippen LogP contribution in [0.2, 0.25) is 0 Å². The normalized spacial score (nSPS) is 16.1. The van der Waals surface area contributed by atoms with E-state index in [4.69, 9.17) is 0 Å². The molecule has 0 fully saturated rings. The maximum absolute atomic E-state index is 12.1. The summed E-state index contributed by atoms with van der Waals surface area (Å²) in [5.74, 6) is 0.628. The van der Waals surface area contributed by atoms with E-state index in [0.29, 0.717) is 5.70 Å². The minimum absolute atomic E-state index is 0.0490. The molecule has 4 heteroatoms. The molecule has 1 amide bonds. The van der Waals surface area contributed by atoms with E-state index in [9.17, 15) is 9.90 Å². The molecule has 0 heterocycles. The second-order valence-electron chi connectivity index (χ2n) is 5.61. The van der Waals surface area contributed by atoms with Gasteiger partial charge in [-0.25, -0.2) is 0 Å². The van der Waals surface area contributed by atoms with Crippen molar-refractivity contribution in [1.82, 2.24) is 5.32 Å². The molecule has 2 N–H and O–H groups in total. The SMILES string of the molecule is CC/C(=C\C=C(/CO)NC(=O)C1=CC=CCC1)[I-]CC(C)C. The summed E-state index contributed by atoms with van der Waals surface area (Å²) in [6.07, 6.45) is 12.4. The molecule has 1 rings (SSSR count). The van der Waals surface area contributed by atoms with Crippen LogP contribution in [0.4, 0.5) is 0 Å². The van der Waals surface area contributed by atoms with Crippen molar-refractivity contribution in [3.8, 4) is 0 Å². The molecule has 0 aromatic heterocycles. The van der Waals surface area contributed by atoms with E-state index in [1.165, 1.54) is 8.01 Å². The molecule has 0 aromatic carbocycles. The predicted octanol–water partition coefficient (Wildman–Crippen LogP) is 0.294. The van der Waals surface area contributed by atoms with Crippen molar-refractivity contribution in [2.45, 2.75) is 40.0 Å². The number of alkyl halides is 1. The molecule has 0 aromatic rings. The zero-order valence-corrected chi connectivity index (χ0v) is 15.9. The molecule has 0 saturated carbocycles. The maximum atomic E-state index is 12.1. The van der Waals surface area contributed by atoms with Crippen molar-refractivity contribution < 1.29 is 31.1 Å². The number of halogens is 1. The molecule has 0 atom stereocenters. The average Bonchev–Trinajstić information content (AvgIpc) is 2.54. The van der Waals surface area contributed by atoms with Crippen LogP contribution in [0, 0.1) is 5.92 Å². The van der Waals surface area contributed by atoms with Crippen LogP contribution in [-0.2, 0) is 4.79 Å². The monoisotopic (exact) mass is 416 g/mol. The standard InChI is InChI=1S/C18H27INO2/c1-4-16(19-12-14(2)3)10-11-17(13-21)20-18(22)15-8-6-5-7-9-15/h5-6,8,10-11,14,21H,4,7,9,12-13H2,1-3H3,(H,20,22)/q-1/b16-10+,17-11+. The summed E-state index contributed by atoms with van der Waals surface area (Å²) in [5, 5.41) is 12.3. The first-order valence-electron chi connectivity index (χ1n) is 7.83. The van der Waals surface area contributed by atoms with Gasteiger partial charge in [0.2, 0.25) is 0 Å². The molecule has 0 saturated heterocycles. The van der Waals surface area contributed by atoms with Gasteiger partial charge in [0.25, 0.3) is 0 Å². The quantitative estimate of drug-likeness (QED) is 0.340. The molecule has 3 nitrogen and oxygen atoms in total. The molecule has 22 heavy (non-hydrogen) atoms. The number of rotatable bonds is 8. The van der Waals surface area contributed by atoms with Crippen LogP contribution in [0.25, 0.3) is 0 Å². The molecule has 0 spiro atoms. The van der Waals surface area contributed by atoms with Crippen molar-refractivity contribution in [3.05, 3.63) is 45.2 Å². The van der Waals surface area contributed by atoms with Gasteiger partial charge in [-0.2, -0.15) is 0 Å². The van der Waals surface area contributed by atoms with E-state index in [0.717, 1.165) is 30.8 Å². The van der Waals surface area contributed by atoms with Crippen molar-refractivity contribution in [2.24, 2.45) is 5.92 Å². The Morgan fingerprint density at radius 3 is 2.77 bits per heavy atom. The Bertz CT molecular complexity index is 487. The van der Waals surface area contributed by atoms with Crippen molar-refractivity contribution in [3.63, 3.8) is 0 Å². The summed E-state index contributed by atoms with van der Waals surface area (Å²) in [4.78, 5) is 12.1. The first-order valence-corrected chi connectivity index (χ1v) is 10.4. The number of allylic oxidation sites excluding steroid dienone is 6. The van der Waals surface area contributed by atoms with Crippen molar-refractivity contribution in [2.75, 3.05) is 11.0 Å². The van der Waals surface area contributed by atoms with Crippen LogP contribution >= 0.6 is 0 Å². The molecule has 0 unspecified atom stereocenters. The number of hydrogen-bond donors (Lipinski definition) is 2. The number of aliphatic hydroxyl groups is 1. The third-order valence-corrected chi connectivity index (χ3v) is 7.41. The number of carbonyl (C=O) groups excluding carboxylic acids is 1. The van der Waals surface area contributed by atoms with Gasteiger partial charge in [-0.1, -0.05) is 0 Å². The molecule has 0 bridgehead atoms. The van der Waals surface area contributed by atoms with Gasteiger partial charge in [0, 0.05) is 0 Å².